The lowest BCUT2D eigenvalue weighted by Gasteiger charge is -2.41. The molecule has 3 atom stereocenters. The highest BCUT2D eigenvalue weighted by atomic mass is 16.6. The molecule has 0 radical (unpaired) electrons. The third-order valence-corrected chi connectivity index (χ3v) is 5.59. The number of esters is 1. The van der Waals surface area contributed by atoms with Gasteiger partial charge in [-0.2, -0.15) is 0 Å². The molecule has 0 saturated carbocycles. The molecule has 1 aromatic rings. The molecule has 0 aromatic heterocycles. The van der Waals surface area contributed by atoms with Crippen molar-refractivity contribution in [3.05, 3.63) is 35.9 Å². The van der Waals surface area contributed by atoms with Crippen molar-refractivity contribution in [3.8, 4) is 0 Å². The van der Waals surface area contributed by atoms with Gasteiger partial charge in [-0.15, -0.1) is 0 Å². The van der Waals surface area contributed by atoms with E-state index in [2.05, 4.69) is 13.8 Å². The van der Waals surface area contributed by atoms with Crippen molar-refractivity contribution in [2.24, 2.45) is 5.92 Å². The number of rotatable bonds is 5. The molecule has 5 nitrogen and oxygen atoms in total. The predicted octanol–water partition coefficient (Wildman–Crippen LogP) is 3.83. The Hall–Kier alpha value is -1.72. The quantitative estimate of drug-likeness (QED) is 0.579. The monoisotopic (exact) mass is 374 g/mol. The molecule has 0 unspecified atom stereocenters. The minimum Gasteiger partial charge on any atom is -0.457 e. The number of ether oxygens (including phenoxy) is 3. The number of benzene rings is 1. The first-order valence-electron chi connectivity index (χ1n) is 9.71. The molecule has 0 aliphatic carbocycles. The van der Waals surface area contributed by atoms with Crippen LogP contribution in [0.1, 0.15) is 59.4 Å². The Morgan fingerprint density at radius 1 is 1.26 bits per heavy atom. The van der Waals surface area contributed by atoms with Crippen LogP contribution in [0.4, 0.5) is 0 Å². The molecule has 0 N–H and O–H groups in total. The number of hydrogen-bond acceptors (Lipinski definition) is 5. The van der Waals surface area contributed by atoms with Crippen LogP contribution in [0.5, 0.6) is 0 Å². The van der Waals surface area contributed by atoms with E-state index in [1.807, 2.05) is 30.3 Å². The fourth-order valence-electron chi connectivity index (χ4n) is 4.02. The molecule has 2 aliphatic heterocycles. The number of carbonyl (C=O) groups is 2. The molecular weight excluding hydrogens is 344 g/mol. The van der Waals surface area contributed by atoms with Gasteiger partial charge in [0.25, 0.3) is 0 Å². The van der Waals surface area contributed by atoms with Crippen LogP contribution in [-0.2, 0) is 30.4 Å². The van der Waals surface area contributed by atoms with Crippen molar-refractivity contribution in [3.63, 3.8) is 0 Å². The van der Waals surface area contributed by atoms with Crippen LogP contribution in [0.25, 0.3) is 0 Å². The zero-order valence-electron chi connectivity index (χ0n) is 16.9. The fourth-order valence-corrected chi connectivity index (χ4v) is 4.02. The molecular formula is C22H30O5. The summed E-state index contributed by atoms with van der Waals surface area (Å²) in [5.41, 5.74) is -1.92. The van der Waals surface area contributed by atoms with E-state index in [0.29, 0.717) is 25.9 Å². The molecule has 2 saturated heterocycles. The standard InChI is InChI=1S/C22H30O5/c1-15(2)21-12-11-17(23)22(27-21,19(24)26-20(3,4)5)18(13-21)25-14-16-9-7-6-8-10-16/h6-10,15,18H,11-14H2,1-5H3/t18-,21+,22-/m0/s1. The molecule has 2 bridgehead atoms. The number of carbonyl (C=O) groups excluding carboxylic acids is 2. The summed E-state index contributed by atoms with van der Waals surface area (Å²) in [6.07, 6.45) is 0.787. The topological polar surface area (TPSA) is 61.8 Å². The summed E-state index contributed by atoms with van der Waals surface area (Å²) in [5, 5.41) is 0. The predicted molar refractivity (Wildman–Crippen MR) is 101 cm³/mol. The van der Waals surface area contributed by atoms with Gasteiger partial charge >= 0.3 is 5.97 Å². The first kappa shape index (κ1) is 20.0. The zero-order valence-corrected chi connectivity index (χ0v) is 16.9. The van der Waals surface area contributed by atoms with E-state index in [1.54, 1.807) is 20.8 Å². The van der Waals surface area contributed by atoms with E-state index in [0.717, 1.165) is 5.56 Å². The summed E-state index contributed by atoms with van der Waals surface area (Å²) in [7, 11) is 0. The summed E-state index contributed by atoms with van der Waals surface area (Å²) in [4.78, 5) is 26.1. The minimum absolute atomic E-state index is 0.165. The summed E-state index contributed by atoms with van der Waals surface area (Å²) in [6.45, 7) is 9.82. The highest BCUT2D eigenvalue weighted by Crippen LogP contribution is 2.52. The lowest BCUT2D eigenvalue weighted by atomic mass is 9.83. The molecule has 1 aromatic carbocycles. The van der Waals surface area contributed by atoms with Gasteiger partial charge in [0.05, 0.1) is 12.2 Å². The number of fused-ring (bicyclic) bond motifs is 2. The second kappa shape index (κ2) is 7.02. The van der Waals surface area contributed by atoms with Gasteiger partial charge in [-0.1, -0.05) is 44.2 Å². The molecule has 27 heavy (non-hydrogen) atoms. The molecule has 148 valence electrons. The molecule has 3 rings (SSSR count). The average molecular weight is 374 g/mol. The second-order valence-corrected chi connectivity index (χ2v) is 8.97. The summed E-state index contributed by atoms with van der Waals surface area (Å²) < 4.78 is 18.1. The van der Waals surface area contributed by atoms with Gasteiger partial charge in [0.2, 0.25) is 5.60 Å². The second-order valence-electron chi connectivity index (χ2n) is 8.97. The molecule has 2 aliphatic rings. The molecule has 0 spiro atoms. The van der Waals surface area contributed by atoms with E-state index in [9.17, 15) is 9.59 Å². The normalized spacial score (nSPS) is 30.6. The van der Waals surface area contributed by atoms with E-state index in [1.165, 1.54) is 0 Å². The maximum Gasteiger partial charge on any atom is 0.349 e. The lowest BCUT2D eigenvalue weighted by molar-refractivity contribution is -0.213. The third-order valence-electron chi connectivity index (χ3n) is 5.59. The van der Waals surface area contributed by atoms with Crippen molar-refractivity contribution in [1.29, 1.82) is 0 Å². The Labute approximate surface area is 161 Å². The molecule has 2 fully saturated rings. The summed E-state index contributed by atoms with van der Waals surface area (Å²) in [5.74, 6) is -0.693. The van der Waals surface area contributed by atoms with Crippen LogP contribution in [0.3, 0.4) is 0 Å². The Balaban J connectivity index is 1.92. The van der Waals surface area contributed by atoms with Crippen LogP contribution in [0.15, 0.2) is 30.3 Å². The maximum atomic E-state index is 13.1. The van der Waals surface area contributed by atoms with E-state index >= 15 is 0 Å². The molecule has 5 heteroatoms. The Kier molecular flexibility index (Phi) is 5.21. The number of Topliss-reactive ketones (excluding diaryl/α,β-unsaturated/α-hetero) is 1. The van der Waals surface area contributed by atoms with Gasteiger partial charge in [0.1, 0.15) is 11.7 Å². The van der Waals surface area contributed by atoms with E-state index in [4.69, 9.17) is 14.2 Å². The third kappa shape index (κ3) is 3.67. The van der Waals surface area contributed by atoms with Gasteiger partial charge in [-0.25, -0.2) is 4.79 Å². The summed E-state index contributed by atoms with van der Waals surface area (Å²) in [6, 6.07) is 9.73. The van der Waals surface area contributed by atoms with Crippen LogP contribution in [0, 0.1) is 5.92 Å². The van der Waals surface area contributed by atoms with Crippen molar-refractivity contribution >= 4 is 11.8 Å². The molecule has 0 amide bonds. The fraction of sp³-hybridized carbons (Fsp3) is 0.636. The van der Waals surface area contributed by atoms with Gasteiger partial charge in [0, 0.05) is 12.8 Å². The Bertz CT molecular complexity index is 705. The first-order chi connectivity index (χ1) is 12.6. The van der Waals surface area contributed by atoms with E-state index < -0.39 is 28.9 Å². The average Bonchev–Trinajstić information content (AvgIpc) is 2.89. The zero-order chi connectivity index (χ0) is 19.9. The number of hydrogen-bond donors (Lipinski definition) is 0. The van der Waals surface area contributed by atoms with Crippen molar-refractivity contribution < 1.29 is 23.8 Å². The smallest absolute Gasteiger partial charge is 0.349 e. The number of ketones is 1. The Morgan fingerprint density at radius 3 is 2.52 bits per heavy atom. The summed E-state index contributed by atoms with van der Waals surface area (Å²) >= 11 is 0. The maximum absolute atomic E-state index is 13.1. The molecule has 2 heterocycles. The highest BCUT2D eigenvalue weighted by Gasteiger charge is 2.69. The van der Waals surface area contributed by atoms with Gasteiger partial charge < -0.3 is 14.2 Å². The van der Waals surface area contributed by atoms with Crippen LogP contribution in [0.2, 0.25) is 0 Å². The van der Waals surface area contributed by atoms with Gasteiger partial charge in [-0.3, -0.25) is 4.79 Å². The van der Waals surface area contributed by atoms with Crippen molar-refractivity contribution in [2.45, 2.75) is 83.4 Å². The Morgan fingerprint density at radius 2 is 1.93 bits per heavy atom. The van der Waals surface area contributed by atoms with Crippen LogP contribution < -0.4 is 0 Å². The van der Waals surface area contributed by atoms with Gasteiger partial charge in [-0.05, 0) is 38.7 Å². The van der Waals surface area contributed by atoms with Crippen LogP contribution in [-0.4, -0.2) is 34.7 Å². The van der Waals surface area contributed by atoms with Gasteiger partial charge in [0.15, 0.2) is 5.78 Å². The van der Waals surface area contributed by atoms with Crippen molar-refractivity contribution in [2.75, 3.05) is 0 Å². The lowest BCUT2D eigenvalue weighted by Crippen LogP contribution is -2.60. The van der Waals surface area contributed by atoms with Crippen molar-refractivity contribution in [1.82, 2.24) is 0 Å². The highest BCUT2D eigenvalue weighted by molar-refractivity contribution is 6.09. The SMILES string of the molecule is CC(C)[C@]12CCC(=O)[C@](C(=O)OC(C)(C)C)(O1)[C@@H](OCc1ccccc1)C2. The first-order valence-corrected chi connectivity index (χ1v) is 9.71. The van der Waals surface area contributed by atoms with Crippen LogP contribution >= 0.6 is 0 Å². The largest absolute Gasteiger partial charge is 0.457 e. The minimum atomic E-state index is -1.66. The van der Waals surface area contributed by atoms with E-state index in [-0.39, 0.29) is 11.7 Å².